The standard InChI is InChI=1S/C21H32N2OS/c1-15(2)14-17-10-12-18(13-11-17)16(3)20(24)23-21(25)22-19-8-6-4-5-7-9-19/h10-13,15-16,19H,4-9,14H2,1-3H3,(H2,22,23,24,25). The van der Waals surface area contributed by atoms with Gasteiger partial charge in [0.2, 0.25) is 5.91 Å². The highest BCUT2D eigenvalue weighted by molar-refractivity contribution is 7.80. The summed E-state index contributed by atoms with van der Waals surface area (Å²) in [5.41, 5.74) is 2.35. The van der Waals surface area contributed by atoms with Crippen molar-refractivity contribution in [1.29, 1.82) is 0 Å². The van der Waals surface area contributed by atoms with Crippen LogP contribution in [0.15, 0.2) is 24.3 Å². The summed E-state index contributed by atoms with van der Waals surface area (Å²) >= 11 is 5.35. The summed E-state index contributed by atoms with van der Waals surface area (Å²) in [4.78, 5) is 12.5. The summed E-state index contributed by atoms with van der Waals surface area (Å²) in [6.07, 6.45) is 8.45. The molecule has 1 fully saturated rings. The zero-order valence-electron chi connectivity index (χ0n) is 15.8. The van der Waals surface area contributed by atoms with Crippen LogP contribution < -0.4 is 10.6 Å². The molecule has 1 atom stereocenters. The maximum Gasteiger partial charge on any atom is 0.233 e. The van der Waals surface area contributed by atoms with Crippen molar-refractivity contribution in [1.82, 2.24) is 10.6 Å². The molecule has 1 aromatic rings. The van der Waals surface area contributed by atoms with Crippen LogP contribution in [0.2, 0.25) is 0 Å². The number of amides is 1. The fraction of sp³-hybridized carbons (Fsp3) is 0.619. The lowest BCUT2D eigenvalue weighted by Gasteiger charge is -2.20. The monoisotopic (exact) mass is 360 g/mol. The van der Waals surface area contributed by atoms with E-state index < -0.39 is 0 Å². The zero-order chi connectivity index (χ0) is 18.2. The summed E-state index contributed by atoms with van der Waals surface area (Å²) in [7, 11) is 0. The van der Waals surface area contributed by atoms with Crippen molar-refractivity contribution < 1.29 is 4.79 Å². The molecule has 0 spiro atoms. The molecule has 2 rings (SSSR count). The number of hydrogen-bond acceptors (Lipinski definition) is 2. The van der Waals surface area contributed by atoms with E-state index in [-0.39, 0.29) is 11.8 Å². The molecule has 3 nitrogen and oxygen atoms in total. The summed E-state index contributed by atoms with van der Waals surface area (Å²) in [6, 6.07) is 8.77. The van der Waals surface area contributed by atoms with Crippen LogP contribution in [0.3, 0.4) is 0 Å². The molecule has 25 heavy (non-hydrogen) atoms. The molecule has 138 valence electrons. The molecule has 1 unspecified atom stereocenters. The van der Waals surface area contributed by atoms with Crippen molar-refractivity contribution >= 4 is 23.2 Å². The van der Waals surface area contributed by atoms with Gasteiger partial charge < -0.3 is 10.6 Å². The molecule has 0 heterocycles. The summed E-state index contributed by atoms with van der Waals surface area (Å²) in [5.74, 6) is 0.392. The highest BCUT2D eigenvalue weighted by Gasteiger charge is 2.18. The largest absolute Gasteiger partial charge is 0.360 e. The van der Waals surface area contributed by atoms with Gasteiger partial charge in [0, 0.05) is 6.04 Å². The fourth-order valence-electron chi connectivity index (χ4n) is 3.43. The van der Waals surface area contributed by atoms with Crippen molar-refractivity contribution in [3.8, 4) is 0 Å². The van der Waals surface area contributed by atoms with E-state index in [0.29, 0.717) is 17.1 Å². The molecule has 0 aliphatic heterocycles. The third-order valence-corrected chi connectivity index (χ3v) is 5.16. The third-order valence-electron chi connectivity index (χ3n) is 4.94. The Kier molecular flexibility index (Phi) is 7.89. The molecule has 1 amide bonds. The predicted molar refractivity (Wildman–Crippen MR) is 109 cm³/mol. The minimum atomic E-state index is -0.206. The first-order valence-electron chi connectivity index (χ1n) is 9.66. The third kappa shape index (κ3) is 6.77. The number of hydrogen-bond donors (Lipinski definition) is 2. The Hall–Kier alpha value is -1.42. The van der Waals surface area contributed by atoms with Gasteiger partial charge in [-0.25, -0.2) is 0 Å². The molecule has 0 saturated heterocycles. The first kappa shape index (κ1) is 19.9. The average Bonchev–Trinajstić information content (AvgIpc) is 2.82. The number of carbonyl (C=O) groups excluding carboxylic acids is 1. The Morgan fingerprint density at radius 1 is 1.08 bits per heavy atom. The molecule has 1 aliphatic rings. The lowest BCUT2D eigenvalue weighted by Crippen LogP contribution is -2.45. The molecular weight excluding hydrogens is 328 g/mol. The second-order valence-electron chi connectivity index (χ2n) is 7.71. The molecule has 4 heteroatoms. The van der Waals surface area contributed by atoms with E-state index >= 15 is 0 Å². The molecular formula is C21H32N2OS. The first-order valence-corrected chi connectivity index (χ1v) is 10.1. The first-order chi connectivity index (χ1) is 12.0. The van der Waals surface area contributed by atoms with Crippen LogP contribution in [-0.4, -0.2) is 17.1 Å². The summed E-state index contributed by atoms with van der Waals surface area (Å²) in [6.45, 7) is 6.36. The van der Waals surface area contributed by atoms with Gasteiger partial charge in [-0.1, -0.05) is 63.8 Å². The van der Waals surface area contributed by atoms with Gasteiger partial charge in [0.1, 0.15) is 0 Å². The molecule has 0 bridgehead atoms. The quantitative estimate of drug-likeness (QED) is 0.590. The van der Waals surface area contributed by atoms with Crippen LogP contribution in [0.4, 0.5) is 0 Å². The Morgan fingerprint density at radius 3 is 2.24 bits per heavy atom. The van der Waals surface area contributed by atoms with Gasteiger partial charge in [0.05, 0.1) is 5.92 Å². The van der Waals surface area contributed by atoms with Crippen LogP contribution in [0.5, 0.6) is 0 Å². The van der Waals surface area contributed by atoms with Crippen LogP contribution in [-0.2, 0) is 11.2 Å². The van der Waals surface area contributed by atoms with Gasteiger partial charge in [0.15, 0.2) is 5.11 Å². The SMILES string of the molecule is CC(C)Cc1ccc(C(C)C(=O)NC(=S)NC2CCCCCC2)cc1. The molecule has 2 N–H and O–H groups in total. The van der Waals surface area contributed by atoms with Gasteiger partial charge >= 0.3 is 0 Å². The van der Waals surface area contributed by atoms with E-state index in [0.717, 1.165) is 24.8 Å². The van der Waals surface area contributed by atoms with Crippen molar-refractivity contribution in [2.24, 2.45) is 5.92 Å². The number of benzene rings is 1. The summed E-state index contributed by atoms with van der Waals surface area (Å²) < 4.78 is 0. The van der Waals surface area contributed by atoms with Crippen molar-refractivity contribution in [3.05, 3.63) is 35.4 Å². The van der Waals surface area contributed by atoms with E-state index in [1.165, 1.54) is 31.2 Å². The van der Waals surface area contributed by atoms with Crippen molar-refractivity contribution in [2.45, 2.75) is 77.7 Å². The van der Waals surface area contributed by atoms with Crippen LogP contribution >= 0.6 is 12.2 Å². The van der Waals surface area contributed by atoms with Crippen molar-refractivity contribution in [2.75, 3.05) is 0 Å². The number of nitrogens with one attached hydrogen (secondary N) is 2. The van der Waals surface area contributed by atoms with Gasteiger partial charge in [-0.15, -0.1) is 0 Å². The fourth-order valence-corrected chi connectivity index (χ4v) is 3.70. The normalized spacial score (nSPS) is 17.0. The van der Waals surface area contributed by atoms with Crippen molar-refractivity contribution in [3.63, 3.8) is 0 Å². The molecule has 1 saturated carbocycles. The lowest BCUT2D eigenvalue weighted by molar-refractivity contribution is -0.120. The molecule has 0 radical (unpaired) electrons. The van der Waals surface area contributed by atoms with Gasteiger partial charge in [-0.3, -0.25) is 4.79 Å². The van der Waals surface area contributed by atoms with Crippen LogP contribution in [0, 0.1) is 5.92 Å². The molecule has 0 aromatic heterocycles. The average molecular weight is 361 g/mol. The van der Waals surface area contributed by atoms with Gasteiger partial charge in [-0.2, -0.15) is 0 Å². The molecule has 1 aromatic carbocycles. The van der Waals surface area contributed by atoms with Gasteiger partial charge in [0.25, 0.3) is 0 Å². The Morgan fingerprint density at radius 2 is 1.68 bits per heavy atom. The number of rotatable bonds is 5. The van der Waals surface area contributed by atoms with E-state index in [4.69, 9.17) is 12.2 Å². The Labute approximate surface area is 158 Å². The minimum Gasteiger partial charge on any atom is -0.360 e. The Bertz CT molecular complexity index is 560. The second kappa shape index (κ2) is 9.91. The summed E-state index contributed by atoms with van der Waals surface area (Å²) in [5, 5.41) is 6.67. The van der Waals surface area contributed by atoms with Crippen LogP contribution in [0.1, 0.15) is 76.3 Å². The topological polar surface area (TPSA) is 41.1 Å². The maximum atomic E-state index is 12.5. The van der Waals surface area contributed by atoms with E-state index in [1.807, 2.05) is 6.92 Å². The minimum absolute atomic E-state index is 0.0391. The lowest BCUT2D eigenvalue weighted by atomic mass is 9.96. The van der Waals surface area contributed by atoms with Crippen LogP contribution in [0.25, 0.3) is 0 Å². The number of thiocarbonyl (C=S) groups is 1. The highest BCUT2D eigenvalue weighted by atomic mass is 32.1. The maximum absolute atomic E-state index is 12.5. The second-order valence-corrected chi connectivity index (χ2v) is 8.12. The van der Waals surface area contributed by atoms with E-state index in [1.54, 1.807) is 0 Å². The number of carbonyl (C=O) groups is 1. The predicted octanol–water partition coefficient (Wildman–Crippen LogP) is 4.70. The van der Waals surface area contributed by atoms with Gasteiger partial charge in [-0.05, 0) is 55.4 Å². The van der Waals surface area contributed by atoms with E-state index in [2.05, 4.69) is 48.7 Å². The zero-order valence-corrected chi connectivity index (χ0v) is 16.6. The highest BCUT2D eigenvalue weighted by Crippen LogP contribution is 2.19. The smallest absolute Gasteiger partial charge is 0.233 e. The van der Waals surface area contributed by atoms with E-state index in [9.17, 15) is 4.79 Å². The molecule has 1 aliphatic carbocycles. The Balaban J connectivity index is 1.85.